The van der Waals surface area contributed by atoms with Gasteiger partial charge < -0.3 is 19.3 Å². The summed E-state index contributed by atoms with van der Waals surface area (Å²) in [5.41, 5.74) is -1.65. The average molecular weight is 262 g/mol. The molecule has 7 nitrogen and oxygen atoms in total. The molecule has 0 aromatic rings. The van der Waals surface area contributed by atoms with Crippen molar-refractivity contribution in [2.24, 2.45) is 0 Å². The van der Waals surface area contributed by atoms with Crippen molar-refractivity contribution in [3.8, 4) is 0 Å². The maximum absolute atomic E-state index is 10.9. The molecule has 0 unspecified atom stereocenters. The number of ether oxygens (including phenoxy) is 3. The van der Waals surface area contributed by atoms with Crippen molar-refractivity contribution in [2.75, 3.05) is 13.2 Å². The third kappa shape index (κ3) is 6.85. The number of hydrogen-bond acceptors (Lipinski definition) is 7. The Morgan fingerprint density at radius 3 is 1.94 bits per heavy atom. The van der Waals surface area contributed by atoms with Crippen LogP contribution in [0.3, 0.4) is 0 Å². The summed E-state index contributed by atoms with van der Waals surface area (Å²) in [4.78, 5) is 32.3. The Bertz CT molecular complexity index is 321. The Balaban J connectivity index is 4.63. The molecule has 0 aliphatic rings. The summed E-state index contributed by atoms with van der Waals surface area (Å²) in [5, 5.41) is 10.0. The van der Waals surface area contributed by atoms with Crippen molar-refractivity contribution in [3.05, 3.63) is 0 Å². The summed E-state index contributed by atoms with van der Waals surface area (Å²) >= 11 is 0. The lowest BCUT2D eigenvalue weighted by molar-refractivity contribution is -0.183. The lowest BCUT2D eigenvalue weighted by atomic mass is 10.0. The SMILES string of the molecule is CC(=O)OC[C@@H](OC(C)=O)[C@@](C)(O)COC(C)=O. The fourth-order valence-corrected chi connectivity index (χ4v) is 1.07. The second-order valence-electron chi connectivity index (χ2n) is 4.04. The number of esters is 3. The second-order valence-corrected chi connectivity index (χ2v) is 4.04. The van der Waals surface area contributed by atoms with E-state index < -0.39 is 29.6 Å². The van der Waals surface area contributed by atoms with E-state index in [-0.39, 0.29) is 13.2 Å². The average Bonchev–Trinajstić information content (AvgIpc) is 2.20. The summed E-state index contributed by atoms with van der Waals surface area (Å²) in [6.07, 6.45) is -1.11. The predicted molar refractivity (Wildman–Crippen MR) is 59.4 cm³/mol. The van der Waals surface area contributed by atoms with Crippen LogP contribution >= 0.6 is 0 Å². The minimum Gasteiger partial charge on any atom is -0.463 e. The van der Waals surface area contributed by atoms with E-state index in [1.54, 1.807) is 0 Å². The van der Waals surface area contributed by atoms with E-state index in [1.165, 1.54) is 20.8 Å². The van der Waals surface area contributed by atoms with E-state index >= 15 is 0 Å². The summed E-state index contributed by atoms with van der Waals surface area (Å²) in [7, 11) is 0. The van der Waals surface area contributed by atoms with E-state index in [4.69, 9.17) is 4.74 Å². The largest absolute Gasteiger partial charge is 0.463 e. The zero-order chi connectivity index (χ0) is 14.3. The monoisotopic (exact) mass is 262 g/mol. The van der Waals surface area contributed by atoms with Crippen LogP contribution in [0.2, 0.25) is 0 Å². The third-order valence-electron chi connectivity index (χ3n) is 2.01. The molecule has 0 bridgehead atoms. The molecule has 18 heavy (non-hydrogen) atoms. The van der Waals surface area contributed by atoms with Crippen LogP contribution in [-0.4, -0.2) is 47.9 Å². The number of carbonyl (C=O) groups excluding carboxylic acids is 3. The van der Waals surface area contributed by atoms with Crippen LogP contribution in [0.15, 0.2) is 0 Å². The maximum atomic E-state index is 10.9. The molecule has 0 radical (unpaired) electrons. The highest BCUT2D eigenvalue weighted by molar-refractivity contribution is 5.67. The van der Waals surface area contributed by atoms with E-state index in [0.29, 0.717) is 0 Å². The van der Waals surface area contributed by atoms with Crippen LogP contribution in [-0.2, 0) is 28.6 Å². The normalized spacial score (nSPS) is 15.2. The van der Waals surface area contributed by atoms with Gasteiger partial charge in [-0.25, -0.2) is 0 Å². The fraction of sp³-hybridized carbons (Fsp3) is 0.727. The summed E-state index contributed by atoms with van der Waals surface area (Å²) in [6.45, 7) is 4.15. The molecule has 0 aliphatic heterocycles. The number of rotatable bonds is 6. The zero-order valence-electron chi connectivity index (χ0n) is 10.9. The van der Waals surface area contributed by atoms with Gasteiger partial charge in [-0.1, -0.05) is 0 Å². The molecule has 0 fully saturated rings. The summed E-state index contributed by atoms with van der Waals surface area (Å²) < 4.78 is 14.2. The molecule has 0 spiro atoms. The quantitative estimate of drug-likeness (QED) is 0.522. The minimum atomic E-state index is -1.65. The fourth-order valence-electron chi connectivity index (χ4n) is 1.07. The number of hydrogen-bond donors (Lipinski definition) is 1. The molecule has 0 rings (SSSR count). The van der Waals surface area contributed by atoms with Gasteiger partial charge in [0, 0.05) is 20.8 Å². The van der Waals surface area contributed by atoms with Crippen molar-refractivity contribution in [3.63, 3.8) is 0 Å². The lowest BCUT2D eigenvalue weighted by Gasteiger charge is -2.30. The van der Waals surface area contributed by atoms with Crippen LogP contribution in [0.1, 0.15) is 27.7 Å². The van der Waals surface area contributed by atoms with Crippen LogP contribution in [0.5, 0.6) is 0 Å². The Hall–Kier alpha value is -1.63. The molecule has 0 saturated carbocycles. The van der Waals surface area contributed by atoms with E-state index in [2.05, 4.69) is 9.47 Å². The molecule has 0 heterocycles. The van der Waals surface area contributed by atoms with E-state index in [0.717, 1.165) is 6.92 Å². The molecular formula is C11H18O7. The highest BCUT2D eigenvalue weighted by Gasteiger charge is 2.37. The van der Waals surface area contributed by atoms with Crippen molar-refractivity contribution >= 4 is 17.9 Å². The van der Waals surface area contributed by atoms with Gasteiger partial charge in [0.25, 0.3) is 0 Å². The van der Waals surface area contributed by atoms with Crippen LogP contribution in [0, 0.1) is 0 Å². The predicted octanol–water partition coefficient (Wildman–Crippen LogP) is -0.205. The van der Waals surface area contributed by atoms with Gasteiger partial charge in [-0.3, -0.25) is 14.4 Å². The first kappa shape index (κ1) is 16.4. The van der Waals surface area contributed by atoms with Crippen molar-refractivity contribution in [2.45, 2.75) is 39.4 Å². The van der Waals surface area contributed by atoms with Gasteiger partial charge in [0.2, 0.25) is 0 Å². The zero-order valence-corrected chi connectivity index (χ0v) is 10.9. The van der Waals surface area contributed by atoms with E-state index in [1.807, 2.05) is 0 Å². The van der Waals surface area contributed by atoms with Crippen molar-refractivity contribution < 1.29 is 33.7 Å². The first-order valence-electron chi connectivity index (χ1n) is 5.31. The highest BCUT2D eigenvalue weighted by Crippen LogP contribution is 2.15. The third-order valence-corrected chi connectivity index (χ3v) is 2.01. The molecule has 104 valence electrons. The lowest BCUT2D eigenvalue weighted by Crippen LogP contribution is -2.49. The van der Waals surface area contributed by atoms with Gasteiger partial charge in [-0.15, -0.1) is 0 Å². The Kier molecular flexibility index (Phi) is 6.32. The Morgan fingerprint density at radius 2 is 1.56 bits per heavy atom. The van der Waals surface area contributed by atoms with Gasteiger partial charge in [0.05, 0.1) is 0 Å². The molecule has 1 N–H and O–H groups in total. The molecule has 0 saturated heterocycles. The van der Waals surface area contributed by atoms with Crippen LogP contribution < -0.4 is 0 Å². The van der Waals surface area contributed by atoms with Gasteiger partial charge in [-0.2, -0.15) is 0 Å². The molecule has 2 atom stereocenters. The first-order chi connectivity index (χ1) is 8.15. The van der Waals surface area contributed by atoms with E-state index in [9.17, 15) is 19.5 Å². The minimum absolute atomic E-state index is 0.316. The molecule has 7 heteroatoms. The smallest absolute Gasteiger partial charge is 0.303 e. The summed E-state index contributed by atoms with van der Waals surface area (Å²) in [6, 6.07) is 0. The number of carbonyl (C=O) groups is 3. The molecule has 0 aromatic carbocycles. The van der Waals surface area contributed by atoms with Crippen molar-refractivity contribution in [1.82, 2.24) is 0 Å². The second kappa shape index (κ2) is 6.95. The Labute approximate surface area is 105 Å². The van der Waals surface area contributed by atoms with Crippen LogP contribution in [0.4, 0.5) is 0 Å². The maximum Gasteiger partial charge on any atom is 0.303 e. The molecule has 0 aromatic heterocycles. The first-order valence-corrected chi connectivity index (χ1v) is 5.31. The molecule has 0 aliphatic carbocycles. The van der Waals surface area contributed by atoms with Crippen molar-refractivity contribution in [1.29, 1.82) is 0 Å². The van der Waals surface area contributed by atoms with Crippen LogP contribution in [0.25, 0.3) is 0 Å². The topological polar surface area (TPSA) is 99.1 Å². The highest BCUT2D eigenvalue weighted by atomic mass is 16.6. The Morgan fingerprint density at radius 1 is 1.06 bits per heavy atom. The summed E-state index contributed by atoms with van der Waals surface area (Å²) in [5.74, 6) is -1.80. The standard InChI is InChI=1S/C11H18O7/c1-7(12)16-5-10(18-9(3)14)11(4,15)6-17-8(2)13/h10,15H,5-6H2,1-4H3/t10-,11+/m1/s1. The van der Waals surface area contributed by atoms with Gasteiger partial charge in [-0.05, 0) is 6.92 Å². The molecule has 0 amide bonds. The van der Waals surface area contributed by atoms with Gasteiger partial charge >= 0.3 is 17.9 Å². The molecular weight excluding hydrogens is 244 g/mol. The number of aliphatic hydroxyl groups is 1. The van der Waals surface area contributed by atoms with Gasteiger partial charge in [0.1, 0.15) is 18.8 Å². The van der Waals surface area contributed by atoms with Gasteiger partial charge in [0.15, 0.2) is 6.10 Å².